The highest BCUT2D eigenvalue weighted by molar-refractivity contribution is 7.89. The van der Waals surface area contributed by atoms with Gasteiger partial charge in [-0.2, -0.15) is 0 Å². The minimum Gasteiger partial charge on any atom is -0.378 e. The number of nitrogens with one attached hydrogen (secondary N) is 1. The third kappa shape index (κ3) is 2.85. The fraction of sp³-hybridized carbons (Fsp3) is 0.700. The van der Waals surface area contributed by atoms with Gasteiger partial charge in [-0.25, -0.2) is 18.1 Å². The zero-order valence-corrected chi connectivity index (χ0v) is 11.8. The first-order chi connectivity index (χ1) is 8.40. The summed E-state index contributed by atoms with van der Waals surface area (Å²) in [6.45, 7) is 2.48. The monoisotopic (exact) mass is 293 g/mol. The molecule has 1 aliphatic rings. The summed E-state index contributed by atoms with van der Waals surface area (Å²) in [6, 6.07) is -0.128. The molecule has 0 radical (unpaired) electrons. The van der Waals surface area contributed by atoms with Crippen molar-refractivity contribution in [3.63, 3.8) is 0 Å². The molecule has 0 saturated carbocycles. The van der Waals surface area contributed by atoms with E-state index in [0.29, 0.717) is 19.4 Å². The largest absolute Gasteiger partial charge is 0.378 e. The van der Waals surface area contributed by atoms with E-state index in [1.165, 1.54) is 10.9 Å². The number of aromatic nitrogens is 2. The van der Waals surface area contributed by atoms with E-state index in [9.17, 15) is 8.42 Å². The molecule has 2 atom stereocenters. The van der Waals surface area contributed by atoms with Crippen LogP contribution in [0.15, 0.2) is 11.4 Å². The standard InChI is InChI=1S/C10H16ClN3O3S/c1-7-5-8(3-4-17-7)13-18(15,16)10-9(11)14(2)6-12-10/h6-8,13H,3-5H2,1-2H3. The molecule has 2 unspecified atom stereocenters. The van der Waals surface area contributed by atoms with Crippen molar-refractivity contribution < 1.29 is 13.2 Å². The smallest absolute Gasteiger partial charge is 0.261 e. The van der Waals surface area contributed by atoms with E-state index in [2.05, 4.69) is 9.71 Å². The van der Waals surface area contributed by atoms with Crippen molar-refractivity contribution in [2.45, 2.75) is 36.9 Å². The predicted molar refractivity (Wildman–Crippen MR) is 67.0 cm³/mol. The molecule has 0 bridgehead atoms. The lowest BCUT2D eigenvalue weighted by Gasteiger charge is -2.27. The van der Waals surface area contributed by atoms with Crippen molar-refractivity contribution >= 4 is 21.6 Å². The van der Waals surface area contributed by atoms with Crippen molar-refractivity contribution in [3.8, 4) is 0 Å². The Balaban J connectivity index is 2.14. The van der Waals surface area contributed by atoms with Gasteiger partial charge in [-0.3, -0.25) is 0 Å². The van der Waals surface area contributed by atoms with Crippen molar-refractivity contribution in [2.75, 3.05) is 6.61 Å². The SMILES string of the molecule is CC1CC(NS(=O)(=O)c2ncn(C)c2Cl)CCO1. The molecule has 1 saturated heterocycles. The highest BCUT2D eigenvalue weighted by Gasteiger charge is 2.28. The number of aryl methyl sites for hydroxylation is 1. The van der Waals surface area contributed by atoms with E-state index < -0.39 is 10.0 Å². The van der Waals surface area contributed by atoms with E-state index in [1.54, 1.807) is 7.05 Å². The number of nitrogens with zero attached hydrogens (tertiary/aromatic N) is 2. The van der Waals surface area contributed by atoms with Crippen LogP contribution in [-0.2, 0) is 21.8 Å². The maximum absolute atomic E-state index is 12.1. The predicted octanol–water partition coefficient (Wildman–Crippen LogP) is 0.919. The van der Waals surface area contributed by atoms with Crippen LogP contribution < -0.4 is 4.72 Å². The molecule has 2 rings (SSSR count). The number of halogens is 1. The summed E-state index contributed by atoms with van der Waals surface area (Å²) in [5.41, 5.74) is 0. The number of hydrogen-bond donors (Lipinski definition) is 1. The van der Waals surface area contributed by atoms with Gasteiger partial charge in [-0.1, -0.05) is 11.6 Å². The van der Waals surface area contributed by atoms with Gasteiger partial charge < -0.3 is 9.30 Å². The van der Waals surface area contributed by atoms with Crippen LogP contribution in [-0.4, -0.2) is 36.7 Å². The zero-order chi connectivity index (χ0) is 13.3. The van der Waals surface area contributed by atoms with Crippen LogP contribution in [0.25, 0.3) is 0 Å². The Morgan fingerprint density at radius 1 is 1.61 bits per heavy atom. The summed E-state index contributed by atoms with van der Waals surface area (Å²) in [6.07, 6.45) is 2.76. The minimum atomic E-state index is -3.66. The average molecular weight is 294 g/mol. The molecule has 0 amide bonds. The number of sulfonamides is 1. The second-order valence-corrected chi connectivity index (χ2v) is 6.46. The van der Waals surface area contributed by atoms with Gasteiger partial charge in [-0.05, 0) is 19.8 Å². The maximum atomic E-state index is 12.1. The van der Waals surface area contributed by atoms with Crippen LogP contribution in [0.5, 0.6) is 0 Å². The zero-order valence-electron chi connectivity index (χ0n) is 10.3. The summed E-state index contributed by atoms with van der Waals surface area (Å²) in [5.74, 6) is 0. The van der Waals surface area contributed by atoms with Crippen molar-refractivity contribution in [1.29, 1.82) is 0 Å². The van der Waals surface area contributed by atoms with E-state index in [-0.39, 0.29) is 22.3 Å². The number of ether oxygens (including phenoxy) is 1. The Morgan fingerprint density at radius 3 is 2.89 bits per heavy atom. The van der Waals surface area contributed by atoms with Crippen LogP contribution in [0.2, 0.25) is 5.15 Å². The van der Waals surface area contributed by atoms with Crippen LogP contribution >= 0.6 is 11.6 Å². The summed E-state index contributed by atoms with van der Waals surface area (Å²) in [5, 5.41) is -0.00609. The lowest BCUT2D eigenvalue weighted by atomic mass is 10.1. The Labute approximate surface area is 111 Å². The van der Waals surface area contributed by atoms with Gasteiger partial charge >= 0.3 is 0 Å². The molecule has 0 spiro atoms. The first kappa shape index (κ1) is 13.8. The third-order valence-corrected chi connectivity index (χ3v) is 4.90. The van der Waals surface area contributed by atoms with Gasteiger partial charge in [0.1, 0.15) is 5.15 Å². The van der Waals surface area contributed by atoms with E-state index >= 15 is 0 Å². The molecule has 8 heteroatoms. The Bertz CT molecular complexity index is 528. The molecule has 1 N–H and O–H groups in total. The van der Waals surface area contributed by atoms with Gasteiger partial charge in [0.25, 0.3) is 10.0 Å². The Hall–Kier alpha value is -0.630. The Kier molecular flexibility index (Phi) is 3.96. The fourth-order valence-corrected chi connectivity index (χ4v) is 3.67. The van der Waals surface area contributed by atoms with E-state index in [1.807, 2.05) is 6.92 Å². The lowest BCUT2D eigenvalue weighted by Crippen LogP contribution is -2.41. The van der Waals surface area contributed by atoms with Crippen molar-refractivity contribution in [3.05, 3.63) is 11.5 Å². The summed E-state index contributed by atoms with van der Waals surface area (Å²) < 4.78 is 33.7. The molecule has 1 fully saturated rings. The quantitative estimate of drug-likeness (QED) is 0.899. The molecular weight excluding hydrogens is 278 g/mol. The maximum Gasteiger partial charge on any atom is 0.261 e. The number of rotatable bonds is 3. The Morgan fingerprint density at radius 2 is 2.33 bits per heavy atom. The molecular formula is C10H16ClN3O3S. The molecule has 1 aromatic rings. The molecule has 1 aromatic heterocycles. The highest BCUT2D eigenvalue weighted by atomic mass is 35.5. The van der Waals surface area contributed by atoms with Crippen molar-refractivity contribution in [2.24, 2.45) is 7.05 Å². The summed E-state index contributed by atoms with van der Waals surface area (Å²) in [4.78, 5) is 3.82. The molecule has 0 aromatic carbocycles. The van der Waals surface area contributed by atoms with Crippen LogP contribution in [0.4, 0.5) is 0 Å². The summed E-state index contributed by atoms with van der Waals surface area (Å²) >= 11 is 5.90. The first-order valence-corrected chi connectivity index (χ1v) is 7.57. The topological polar surface area (TPSA) is 73.2 Å². The molecule has 18 heavy (non-hydrogen) atoms. The molecule has 6 nitrogen and oxygen atoms in total. The van der Waals surface area contributed by atoms with Crippen molar-refractivity contribution in [1.82, 2.24) is 14.3 Å². The summed E-state index contributed by atoms with van der Waals surface area (Å²) in [7, 11) is -2.02. The highest BCUT2D eigenvalue weighted by Crippen LogP contribution is 2.21. The second-order valence-electron chi connectivity index (χ2n) is 4.48. The van der Waals surface area contributed by atoms with E-state index in [0.717, 1.165) is 0 Å². The average Bonchev–Trinajstić information content (AvgIpc) is 2.59. The third-order valence-electron chi connectivity index (χ3n) is 2.90. The fourth-order valence-electron chi connectivity index (χ4n) is 1.95. The number of imidazole rings is 1. The molecule has 0 aliphatic carbocycles. The number of hydrogen-bond acceptors (Lipinski definition) is 4. The van der Waals surface area contributed by atoms with Gasteiger partial charge in [0.15, 0.2) is 0 Å². The molecule has 1 aliphatic heterocycles. The van der Waals surface area contributed by atoms with Gasteiger partial charge in [0.2, 0.25) is 5.03 Å². The minimum absolute atomic E-state index is 0.0608. The van der Waals surface area contributed by atoms with Gasteiger partial charge in [-0.15, -0.1) is 0 Å². The molecule has 102 valence electrons. The van der Waals surface area contributed by atoms with E-state index in [4.69, 9.17) is 16.3 Å². The van der Waals surface area contributed by atoms with Crippen LogP contribution in [0.1, 0.15) is 19.8 Å². The molecule has 2 heterocycles. The first-order valence-electron chi connectivity index (χ1n) is 5.71. The van der Waals surface area contributed by atoms with Crippen LogP contribution in [0, 0.1) is 0 Å². The second kappa shape index (κ2) is 5.16. The normalized spacial score (nSPS) is 25.3. The van der Waals surface area contributed by atoms with Crippen LogP contribution in [0.3, 0.4) is 0 Å². The van der Waals surface area contributed by atoms with Gasteiger partial charge in [0.05, 0.1) is 12.4 Å². The van der Waals surface area contributed by atoms with Gasteiger partial charge in [0, 0.05) is 19.7 Å². The lowest BCUT2D eigenvalue weighted by molar-refractivity contribution is 0.0173.